The molecule has 5 N–H and O–H groups in total. The Balaban J connectivity index is 2.55. The van der Waals surface area contributed by atoms with E-state index in [2.05, 4.69) is 10.1 Å². The Labute approximate surface area is 138 Å². The van der Waals surface area contributed by atoms with Gasteiger partial charge in [0.15, 0.2) is 12.1 Å². The van der Waals surface area contributed by atoms with Gasteiger partial charge in [-0.1, -0.05) is 30.3 Å². The topological polar surface area (TPSA) is 148 Å². The summed E-state index contributed by atoms with van der Waals surface area (Å²) in [7, 11) is 1.08. The van der Waals surface area contributed by atoms with E-state index in [0.717, 1.165) is 7.11 Å². The number of ether oxygens (including phenoxy) is 2. The van der Waals surface area contributed by atoms with Gasteiger partial charge in [-0.2, -0.15) is 0 Å². The first-order chi connectivity index (χ1) is 11.4. The highest BCUT2D eigenvalue weighted by atomic mass is 16.5. The second-order valence-corrected chi connectivity index (χ2v) is 4.83. The minimum atomic E-state index is -1.93. The number of carbonyl (C=O) groups excluding carboxylic acids is 3. The van der Waals surface area contributed by atoms with Crippen molar-refractivity contribution in [1.29, 1.82) is 0 Å². The Kier molecular flexibility index (Phi) is 7.83. The molecule has 0 saturated carbocycles. The molecule has 0 aliphatic rings. The molecule has 0 spiro atoms. The number of esters is 2. The van der Waals surface area contributed by atoms with Crippen molar-refractivity contribution in [3.05, 3.63) is 35.9 Å². The number of hydrogen-bond donors (Lipinski definition) is 4. The number of aliphatic hydroxyl groups is 2. The van der Waals surface area contributed by atoms with Crippen molar-refractivity contribution >= 4 is 17.8 Å². The van der Waals surface area contributed by atoms with E-state index in [1.165, 1.54) is 0 Å². The van der Waals surface area contributed by atoms with Crippen molar-refractivity contribution in [3.63, 3.8) is 0 Å². The molecule has 3 atom stereocenters. The van der Waals surface area contributed by atoms with Gasteiger partial charge in [0.25, 0.3) is 0 Å². The van der Waals surface area contributed by atoms with Gasteiger partial charge in [0.1, 0.15) is 12.6 Å². The lowest BCUT2D eigenvalue weighted by atomic mass is 10.1. The van der Waals surface area contributed by atoms with Crippen LogP contribution in [0.5, 0.6) is 0 Å². The summed E-state index contributed by atoms with van der Waals surface area (Å²) in [5, 5.41) is 20.9. The lowest BCUT2D eigenvalue weighted by Crippen LogP contribution is -2.56. The molecule has 132 valence electrons. The summed E-state index contributed by atoms with van der Waals surface area (Å²) >= 11 is 0. The zero-order valence-electron chi connectivity index (χ0n) is 13.0. The van der Waals surface area contributed by atoms with Gasteiger partial charge in [0, 0.05) is 0 Å². The largest absolute Gasteiger partial charge is 0.467 e. The fourth-order valence-electron chi connectivity index (χ4n) is 1.69. The minimum absolute atomic E-state index is 0.0908. The quantitative estimate of drug-likeness (QED) is 0.400. The van der Waals surface area contributed by atoms with Gasteiger partial charge in [0.05, 0.1) is 13.7 Å². The monoisotopic (exact) mass is 340 g/mol. The fourth-order valence-corrected chi connectivity index (χ4v) is 1.69. The molecule has 0 heterocycles. The predicted octanol–water partition coefficient (Wildman–Crippen LogP) is -1.93. The summed E-state index contributed by atoms with van der Waals surface area (Å²) < 4.78 is 9.24. The third kappa shape index (κ3) is 5.61. The molecule has 1 amide bonds. The van der Waals surface area contributed by atoms with Crippen molar-refractivity contribution in [2.24, 2.45) is 5.73 Å². The van der Waals surface area contributed by atoms with Gasteiger partial charge in [-0.05, 0) is 5.56 Å². The zero-order valence-corrected chi connectivity index (χ0v) is 13.0. The van der Waals surface area contributed by atoms with Crippen molar-refractivity contribution in [2.45, 2.75) is 24.8 Å². The fraction of sp³-hybridized carbons (Fsp3) is 0.400. The van der Waals surface area contributed by atoms with Gasteiger partial charge in [0.2, 0.25) is 5.91 Å². The van der Waals surface area contributed by atoms with Gasteiger partial charge in [-0.3, -0.25) is 4.79 Å². The number of rotatable bonds is 8. The number of amides is 1. The Hall–Kier alpha value is -2.49. The standard InChI is InChI=1S/C15H20N2O7/c1-23-14(21)10(7-18)17-13(20)11(16)12(19)15(22)24-8-9-5-3-2-4-6-9/h2-6,10-12,18-19H,7-8,16H2,1H3,(H,17,20)/t10-,11-,12?/m0/s1. The Bertz CT molecular complexity index is 564. The maximum Gasteiger partial charge on any atom is 0.337 e. The second kappa shape index (κ2) is 9.60. The van der Waals surface area contributed by atoms with Crippen molar-refractivity contribution in [1.82, 2.24) is 5.32 Å². The summed E-state index contributed by atoms with van der Waals surface area (Å²) in [6.45, 7) is -0.813. The van der Waals surface area contributed by atoms with Gasteiger partial charge in [-0.25, -0.2) is 9.59 Å². The lowest BCUT2D eigenvalue weighted by molar-refractivity contribution is -0.158. The highest BCUT2D eigenvalue weighted by Gasteiger charge is 2.32. The third-order valence-electron chi connectivity index (χ3n) is 3.09. The summed E-state index contributed by atoms with van der Waals surface area (Å²) in [5.41, 5.74) is 6.17. The molecule has 9 heteroatoms. The van der Waals surface area contributed by atoms with Crippen LogP contribution in [0.25, 0.3) is 0 Å². The van der Waals surface area contributed by atoms with Crippen molar-refractivity contribution in [2.75, 3.05) is 13.7 Å². The number of carbonyl (C=O) groups is 3. The zero-order chi connectivity index (χ0) is 18.1. The van der Waals surface area contributed by atoms with Crippen LogP contribution in [0.3, 0.4) is 0 Å². The van der Waals surface area contributed by atoms with E-state index in [0.29, 0.717) is 5.56 Å². The molecule has 24 heavy (non-hydrogen) atoms. The molecule has 0 fully saturated rings. The predicted molar refractivity (Wildman–Crippen MR) is 81.3 cm³/mol. The maximum atomic E-state index is 11.8. The van der Waals surface area contributed by atoms with Crippen LogP contribution >= 0.6 is 0 Å². The number of benzene rings is 1. The van der Waals surface area contributed by atoms with E-state index in [1.54, 1.807) is 30.3 Å². The Morgan fingerprint density at radius 3 is 2.38 bits per heavy atom. The molecule has 0 saturated heterocycles. The third-order valence-corrected chi connectivity index (χ3v) is 3.09. The lowest BCUT2D eigenvalue weighted by Gasteiger charge is -2.20. The smallest absolute Gasteiger partial charge is 0.337 e. The van der Waals surface area contributed by atoms with Crippen LogP contribution in [0.2, 0.25) is 0 Å². The minimum Gasteiger partial charge on any atom is -0.467 e. The first-order valence-corrected chi connectivity index (χ1v) is 7.04. The average molecular weight is 340 g/mol. The van der Waals surface area contributed by atoms with E-state index in [4.69, 9.17) is 15.6 Å². The number of hydrogen-bond acceptors (Lipinski definition) is 8. The average Bonchev–Trinajstić information content (AvgIpc) is 2.62. The molecule has 1 aromatic carbocycles. The molecule has 0 bridgehead atoms. The molecule has 1 unspecified atom stereocenters. The van der Waals surface area contributed by atoms with Crippen molar-refractivity contribution < 1.29 is 34.1 Å². The van der Waals surface area contributed by atoms with Gasteiger partial charge >= 0.3 is 11.9 Å². The molecular weight excluding hydrogens is 320 g/mol. The second-order valence-electron chi connectivity index (χ2n) is 4.83. The number of aliphatic hydroxyl groups excluding tert-OH is 2. The number of nitrogens with one attached hydrogen (secondary N) is 1. The molecule has 1 rings (SSSR count). The Morgan fingerprint density at radius 1 is 1.21 bits per heavy atom. The van der Waals surface area contributed by atoms with Crippen LogP contribution in [0.15, 0.2) is 30.3 Å². The molecule has 0 aromatic heterocycles. The summed E-state index contributed by atoms with van der Waals surface area (Å²) in [4.78, 5) is 34.8. The van der Waals surface area contributed by atoms with Gasteiger partial charge in [-0.15, -0.1) is 0 Å². The van der Waals surface area contributed by atoms with E-state index in [1.807, 2.05) is 0 Å². The van der Waals surface area contributed by atoms with Gasteiger partial charge < -0.3 is 30.7 Å². The SMILES string of the molecule is COC(=O)[C@H](CO)NC(=O)[C@@H](N)C(O)C(=O)OCc1ccccc1. The summed E-state index contributed by atoms with van der Waals surface area (Å²) in [5.74, 6) is -2.98. The number of methoxy groups -OCH3 is 1. The van der Waals surface area contributed by atoms with Crippen LogP contribution in [0.1, 0.15) is 5.56 Å². The maximum absolute atomic E-state index is 11.8. The van der Waals surface area contributed by atoms with E-state index in [-0.39, 0.29) is 6.61 Å². The van der Waals surface area contributed by atoms with E-state index in [9.17, 15) is 19.5 Å². The first-order valence-electron chi connectivity index (χ1n) is 7.04. The summed E-state index contributed by atoms with van der Waals surface area (Å²) in [6, 6.07) is 5.71. The molecule has 1 aromatic rings. The normalized spacial score (nSPS) is 14.2. The summed E-state index contributed by atoms with van der Waals surface area (Å²) in [6.07, 6.45) is -1.93. The van der Waals surface area contributed by atoms with Crippen LogP contribution in [0.4, 0.5) is 0 Å². The Morgan fingerprint density at radius 2 is 1.83 bits per heavy atom. The molecule has 0 radical (unpaired) electrons. The highest BCUT2D eigenvalue weighted by molar-refractivity contribution is 5.92. The van der Waals surface area contributed by atoms with Crippen LogP contribution in [-0.2, 0) is 30.5 Å². The highest BCUT2D eigenvalue weighted by Crippen LogP contribution is 2.03. The molecule has 9 nitrogen and oxygen atoms in total. The first kappa shape index (κ1) is 19.6. The molecule has 0 aliphatic carbocycles. The number of nitrogens with two attached hydrogens (primary N) is 1. The van der Waals surface area contributed by atoms with E-state index < -0.39 is 42.6 Å². The molecule has 0 aliphatic heterocycles. The van der Waals surface area contributed by atoms with Crippen LogP contribution in [-0.4, -0.2) is 60.0 Å². The van der Waals surface area contributed by atoms with Crippen molar-refractivity contribution in [3.8, 4) is 0 Å². The molecular formula is C15H20N2O7. The van der Waals surface area contributed by atoms with Crippen LogP contribution in [0, 0.1) is 0 Å². The van der Waals surface area contributed by atoms with Crippen LogP contribution < -0.4 is 11.1 Å². The van der Waals surface area contributed by atoms with E-state index >= 15 is 0 Å².